The van der Waals surface area contributed by atoms with Crippen molar-refractivity contribution in [2.45, 2.75) is 33.1 Å². The minimum Gasteiger partial charge on any atom is -0.360 e. The second-order valence-electron chi connectivity index (χ2n) is 9.72. The van der Waals surface area contributed by atoms with Gasteiger partial charge in [0.05, 0.1) is 31.1 Å². The maximum absolute atomic E-state index is 13.1. The highest BCUT2D eigenvalue weighted by molar-refractivity contribution is 8.26. The molecule has 4 nitrogen and oxygen atoms in total. The first-order valence-corrected chi connectivity index (χ1v) is 12.4. The number of hydrogen-bond donors (Lipinski definition) is 1. The lowest BCUT2D eigenvalue weighted by atomic mass is 9.87. The number of aryl methyl sites for hydroxylation is 1. The Bertz CT molecular complexity index is 1030. The van der Waals surface area contributed by atoms with Crippen molar-refractivity contribution in [1.29, 1.82) is 0 Å². The number of quaternary nitrogens is 1. The smallest absolute Gasteiger partial charge is 0.270 e. The monoisotopic (exact) mass is 466 g/mol. The Morgan fingerprint density at radius 1 is 1.09 bits per heavy atom. The first-order valence-electron chi connectivity index (χ1n) is 11.2. The average Bonchev–Trinajstić information content (AvgIpc) is 3.01. The molecule has 2 heterocycles. The van der Waals surface area contributed by atoms with Gasteiger partial charge in [-0.3, -0.25) is 4.79 Å². The van der Waals surface area contributed by atoms with Crippen molar-refractivity contribution in [3.8, 4) is 0 Å². The minimum absolute atomic E-state index is 0.0357. The quantitative estimate of drug-likeness (QED) is 0.547. The molecule has 0 saturated carbocycles. The maximum atomic E-state index is 13.1. The number of rotatable bonds is 4. The number of benzene rings is 2. The van der Waals surface area contributed by atoms with Gasteiger partial charge in [-0.05, 0) is 47.2 Å². The number of carbonyl (C=O) groups excluding carboxylic acids is 1. The number of nitrogens with one attached hydrogen (secondary N) is 1. The van der Waals surface area contributed by atoms with E-state index in [1.807, 2.05) is 6.08 Å². The predicted octanol–water partition coefficient (Wildman–Crippen LogP) is 3.86. The van der Waals surface area contributed by atoms with E-state index in [4.69, 9.17) is 12.2 Å². The second kappa shape index (κ2) is 9.38. The Hall–Kier alpha value is -2.15. The Morgan fingerprint density at radius 3 is 2.41 bits per heavy atom. The standard InChI is InChI=1S/C26H31N3OS2/c1-19-6-5-7-22(16-19)28-14-12-27(13-15-28)18-29-24(30)23(32-25(29)31)17-20-8-10-21(11-9-20)26(2,3)4/h5-11,16-17H,12-15,18H2,1-4H3/p+1/b23-17+. The van der Waals surface area contributed by atoms with E-state index in [1.54, 1.807) is 4.90 Å². The van der Waals surface area contributed by atoms with Crippen LogP contribution >= 0.6 is 24.0 Å². The summed E-state index contributed by atoms with van der Waals surface area (Å²) in [7, 11) is 0. The first kappa shape index (κ1) is 23.0. The fourth-order valence-corrected chi connectivity index (χ4v) is 5.41. The van der Waals surface area contributed by atoms with Gasteiger partial charge in [0.15, 0.2) is 11.0 Å². The third kappa shape index (κ3) is 5.25. The minimum atomic E-state index is 0.0357. The highest BCUT2D eigenvalue weighted by Crippen LogP contribution is 2.32. The van der Waals surface area contributed by atoms with Crippen LogP contribution in [0.15, 0.2) is 53.4 Å². The van der Waals surface area contributed by atoms with Crippen LogP contribution in [0, 0.1) is 6.92 Å². The normalized spacial score (nSPS) is 19.3. The third-order valence-electron chi connectivity index (χ3n) is 6.17. The topological polar surface area (TPSA) is 28.0 Å². The molecule has 1 amide bonds. The van der Waals surface area contributed by atoms with E-state index in [0.29, 0.717) is 11.0 Å². The van der Waals surface area contributed by atoms with Crippen LogP contribution in [-0.4, -0.2) is 48.0 Å². The van der Waals surface area contributed by atoms with E-state index in [0.717, 1.165) is 36.6 Å². The SMILES string of the molecule is Cc1cccc(N2CC[NH+](CN3C(=O)/C(=C\c4ccc(C(C)(C)C)cc4)SC3=S)CC2)c1. The number of nitrogens with zero attached hydrogens (tertiary/aromatic N) is 2. The van der Waals surface area contributed by atoms with Gasteiger partial charge in [0.25, 0.3) is 5.91 Å². The second-order valence-corrected chi connectivity index (χ2v) is 11.4. The molecule has 6 heteroatoms. The molecule has 0 spiro atoms. The molecule has 0 radical (unpaired) electrons. The fourth-order valence-electron chi connectivity index (χ4n) is 4.15. The van der Waals surface area contributed by atoms with Gasteiger partial charge in [-0.1, -0.05) is 81.1 Å². The molecule has 0 unspecified atom stereocenters. The van der Waals surface area contributed by atoms with E-state index in [2.05, 4.69) is 81.1 Å². The van der Waals surface area contributed by atoms with Crippen LogP contribution < -0.4 is 9.80 Å². The van der Waals surface area contributed by atoms with Gasteiger partial charge < -0.3 is 9.80 Å². The van der Waals surface area contributed by atoms with Crippen LogP contribution in [0.2, 0.25) is 0 Å². The van der Waals surface area contributed by atoms with Crippen molar-refractivity contribution in [3.63, 3.8) is 0 Å². The van der Waals surface area contributed by atoms with Gasteiger partial charge in [0.2, 0.25) is 0 Å². The molecule has 32 heavy (non-hydrogen) atoms. The molecule has 2 aromatic carbocycles. The molecule has 2 aromatic rings. The molecular formula is C26H32N3OS2+. The Kier molecular flexibility index (Phi) is 6.75. The van der Waals surface area contributed by atoms with Gasteiger partial charge in [-0.15, -0.1) is 0 Å². The summed E-state index contributed by atoms with van der Waals surface area (Å²) in [6.07, 6.45) is 1.97. The highest BCUT2D eigenvalue weighted by atomic mass is 32.2. The van der Waals surface area contributed by atoms with Crippen molar-refractivity contribution < 1.29 is 9.69 Å². The Labute approximate surface area is 201 Å². The summed E-state index contributed by atoms with van der Waals surface area (Å²) in [5, 5.41) is 0. The third-order valence-corrected chi connectivity index (χ3v) is 7.54. The highest BCUT2D eigenvalue weighted by Gasteiger charge is 2.35. The zero-order valence-corrected chi connectivity index (χ0v) is 21.0. The molecule has 1 N–H and O–H groups in total. The molecule has 2 fully saturated rings. The lowest BCUT2D eigenvalue weighted by Crippen LogP contribution is -3.16. The van der Waals surface area contributed by atoms with E-state index in [9.17, 15) is 4.79 Å². The van der Waals surface area contributed by atoms with Gasteiger partial charge in [-0.2, -0.15) is 0 Å². The van der Waals surface area contributed by atoms with Crippen LogP contribution in [0.25, 0.3) is 6.08 Å². The van der Waals surface area contributed by atoms with Crippen molar-refractivity contribution >= 4 is 46.0 Å². The molecule has 0 atom stereocenters. The van der Waals surface area contributed by atoms with Gasteiger partial charge in [0.1, 0.15) is 0 Å². The molecule has 2 saturated heterocycles. The van der Waals surface area contributed by atoms with E-state index in [-0.39, 0.29) is 11.3 Å². The van der Waals surface area contributed by atoms with E-state index < -0.39 is 0 Å². The maximum Gasteiger partial charge on any atom is 0.270 e. The summed E-state index contributed by atoms with van der Waals surface area (Å²) in [6, 6.07) is 17.1. The first-order chi connectivity index (χ1) is 15.2. The number of carbonyl (C=O) groups is 1. The number of amides is 1. The molecule has 4 rings (SSSR count). The number of hydrogen-bond acceptors (Lipinski definition) is 4. The zero-order chi connectivity index (χ0) is 22.9. The van der Waals surface area contributed by atoms with Crippen LogP contribution in [0.5, 0.6) is 0 Å². The summed E-state index contributed by atoms with van der Waals surface area (Å²) in [5.41, 5.74) is 5.02. The number of thiocarbonyl (C=S) groups is 1. The molecule has 168 valence electrons. The Morgan fingerprint density at radius 2 is 1.78 bits per heavy atom. The molecular weight excluding hydrogens is 434 g/mol. The summed E-state index contributed by atoms with van der Waals surface area (Å²) in [6.45, 7) is 13.4. The average molecular weight is 467 g/mol. The summed E-state index contributed by atoms with van der Waals surface area (Å²) < 4.78 is 0.668. The van der Waals surface area contributed by atoms with Crippen LogP contribution in [0.4, 0.5) is 5.69 Å². The van der Waals surface area contributed by atoms with Gasteiger partial charge in [0, 0.05) is 5.69 Å². The molecule has 2 aliphatic heterocycles. The Balaban J connectivity index is 1.37. The van der Waals surface area contributed by atoms with Gasteiger partial charge >= 0.3 is 0 Å². The van der Waals surface area contributed by atoms with E-state index >= 15 is 0 Å². The lowest BCUT2D eigenvalue weighted by Gasteiger charge is -2.35. The van der Waals surface area contributed by atoms with Crippen LogP contribution in [0.1, 0.15) is 37.5 Å². The number of thioether (sulfide) groups is 1. The lowest BCUT2D eigenvalue weighted by molar-refractivity contribution is -0.907. The van der Waals surface area contributed by atoms with Crippen molar-refractivity contribution in [2.24, 2.45) is 0 Å². The number of piperazine rings is 1. The molecule has 0 aliphatic carbocycles. The summed E-state index contributed by atoms with van der Waals surface area (Å²) in [4.78, 5) is 19.4. The summed E-state index contributed by atoms with van der Waals surface area (Å²) in [5.74, 6) is 0.0357. The molecule has 0 bridgehead atoms. The van der Waals surface area contributed by atoms with Crippen LogP contribution in [-0.2, 0) is 10.2 Å². The van der Waals surface area contributed by atoms with Crippen molar-refractivity contribution in [1.82, 2.24) is 4.90 Å². The molecule has 2 aliphatic rings. The number of anilines is 1. The zero-order valence-electron chi connectivity index (χ0n) is 19.4. The van der Waals surface area contributed by atoms with E-state index in [1.165, 1.54) is 33.5 Å². The van der Waals surface area contributed by atoms with Crippen LogP contribution in [0.3, 0.4) is 0 Å². The fraction of sp³-hybridized carbons (Fsp3) is 0.385. The van der Waals surface area contributed by atoms with Gasteiger partial charge in [-0.25, -0.2) is 4.90 Å². The molecule has 0 aromatic heterocycles. The summed E-state index contributed by atoms with van der Waals surface area (Å²) >= 11 is 6.99. The predicted molar refractivity (Wildman–Crippen MR) is 139 cm³/mol. The van der Waals surface area contributed by atoms with Crippen molar-refractivity contribution in [2.75, 3.05) is 37.7 Å². The van der Waals surface area contributed by atoms with Crippen molar-refractivity contribution in [3.05, 3.63) is 70.1 Å². The largest absolute Gasteiger partial charge is 0.360 e.